The highest BCUT2D eigenvalue weighted by atomic mass is 19.4. The first-order valence-corrected chi connectivity index (χ1v) is 6.52. The van der Waals surface area contributed by atoms with Crippen LogP contribution in [0.1, 0.15) is 16.1 Å². The fourth-order valence-electron chi connectivity index (χ4n) is 2.21. The Morgan fingerprint density at radius 2 is 1.92 bits per heavy atom. The van der Waals surface area contributed by atoms with Gasteiger partial charge >= 0.3 is 6.36 Å². The average Bonchev–Trinajstić information content (AvgIpc) is 2.93. The topological polar surface area (TPSA) is 80.8 Å². The highest BCUT2D eigenvalue weighted by molar-refractivity contribution is 5.98. The van der Waals surface area contributed by atoms with Gasteiger partial charge in [-0.1, -0.05) is 0 Å². The van der Waals surface area contributed by atoms with Gasteiger partial charge in [-0.05, 0) is 30.3 Å². The fraction of sp³-hybridized carbons (Fsp3) is 0.0667. The van der Waals surface area contributed by atoms with Crippen LogP contribution in [0.15, 0.2) is 36.5 Å². The van der Waals surface area contributed by atoms with Crippen LogP contribution in [0.2, 0.25) is 0 Å². The van der Waals surface area contributed by atoms with Crippen LogP contribution in [0, 0.1) is 11.3 Å². The number of carbonyl (C=O) groups excluding carboxylic acids is 1. The molecule has 2 aromatic heterocycles. The van der Waals surface area contributed by atoms with Gasteiger partial charge in [0.15, 0.2) is 17.6 Å². The van der Waals surface area contributed by atoms with Crippen molar-refractivity contribution in [1.82, 2.24) is 14.8 Å². The lowest BCUT2D eigenvalue weighted by molar-refractivity contribution is -0.274. The number of carbonyl (C=O) groups is 1. The van der Waals surface area contributed by atoms with E-state index in [0.717, 1.165) is 12.1 Å². The van der Waals surface area contributed by atoms with Gasteiger partial charge in [0.25, 0.3) is 0 Å². The molecule has 0 saturated heterocycles. The number of hydrogen-bond acceptors (Lipinski definition) is 5. The summed E-state index contributed by atoms with van der Waals surface area (Å²) < 4.78 is 41.6. The van der Waals surface area contributed by atoms with E-state index in [-0.39, 0.29) is 28.0 Å². The van der Waals surface area contributed by atoms with Crippen LogP contribution in [-0.4, -0.2) is 27.4 Å². The molecule has 0 unspecified atom stereocenters. The van der Waals surface area contributed by atoms with E-state index in [2.05, 4.69) is 14.8 Å². The normalized spacial score (nSPS) is 11.2. The van der Waals surface area contributed by atoms with E-state index in [1.807, 2.05) is 6.07 Å². The van der Waals surface area contributed by atoms with E-state index < -0.39 is 6.36 Å². The first kappa shape index (κ1) is 15.5. The number of rotatable bonds is 3. The Labute approximate surface area is 132 Å². The van der Waals surface area contributed by atoms with Crippen molar-refractivity contribution < 1.29 is 22.7 Å². The number of fused-ring (bicyclic) bond motifs is 1. The van der Waals surface area contributed by atoms with Crippen LogP contribution < -0.4 is 4.74 Å². The van der Waals surface area contributed by atoms with E-state index in [9.17, 15) is 23.2 Å². The molecule has 0 aliphatic heterocycles. The van der Waals surface area contributed by atoms with Gasteiger partial charge in [-0.2, -0.15) is 10.4 Å². The molecule has 6 nitrogen and oxygen atoms in total. The third kappa shape index (κ3) is 2.77. The highest BCUT2D eigenvalue weighted by Gasteiger charge is 2.31. The third-order valence-corrected chi connectivity index (χ3v) is 3.15. The summed E-state index contributed by atoms with van der Waals surface area (Å²) in [6, 6.07) is 8.23. The second-order valence-corrected chi connectivity index (χ2v) is 4.63. The molecule has 0 spiro atoms. The number of nitrogens with zero attached hydrogens (tertiary/aromatic N) is 4. The van der Waals surface area contributed by atoms with E-state index in [1.54, 1.807) is 0 Å². The number of aldehydes is 1. The molecule has 9 heteroatoms. The van der Waals surface area contributed by atoms with Crippen molar-refractivity contribution in [3.8, 4) is 17.5 Å². The van der Waals surface area contributed by atoms with Gasteiger partial charge in [0, 0.05) is 11.8 Å². The molecule has 0 radical (unpaired) electrons. The van der Waals surface area contributed by atoms with Gasteiger partial charge in [-0.3, -0.25) is 4.79 Å². The minimum absolute atomic E-state index is 0.00387. The average molecular weight is 332 g/mol. The highest BCUT2D eigenvalue weighted by Crippen LogP contribution is 2.26. The first-order valence-electron chi connectivity index (χ1n) is 6.52. The van der Waals surface area contributed by atoms with Gasteiger partial charge in [-0.25, -0.2) is 9.67 Å². The molecule has 120 valence electrons. The van der Waals surface area contributed by atoms with Crippen molar-refractivity contribution >= 4 is 17.3 Å². The Balaban J connectivity index is 2.10. The minimum Gasteiger partial charge on any atom is -0.406 e. The molecule has 0 bridgehead atoms. The predicted molar refractivity (Wildman–Crippen MR) is 75.7 cm³/mol. The van der Waals surface area contributed by atoms with Gasteiger partial charge in [0.05, 0.1) is 11.1 Å². The Hall–Kier alpha value is -3.41. The van der Waals surface area contributed by atoms with Gasteiger partial charge in [0.1, 0.15) is 11.8 Å². The maximum Gasteiger partial charge on any atom is 0.573 e. The zero-order chi connectivity index (χ0) is 17.3. The molecule has 0 fully saturated rings. The molecule has 1 aromatic carbocycles. The van der Waals surface area contributed by atoms with E-state index in [0.29, 0.717) is 12.0 Å². The standard InChI is InChI=1S/C15H7F3N4O2/c16-15(17,18)24-11-3-1-10(2-4-11)22-14-13(12(7-19)21-22)9(8-23)5-6-20-14/h1-6,8H. The summed E-state index contributed by atoms with van der Waals surface area (Å²) in [5.41, 5.74) is 0.864. The number of pyridine rings is 1. The second-order valence-electron chi connectivity index (χ2n) is 4.63. The maximum absolute atomic E-state index is 12.2. The molecular weight excluding hydrogens is 325 g/mol. The Bertz CT molecular complexity index is 956. The Morgan fingerprint density at radius 3 is 2.50 bits per heavy atom. The number of benzene rings is 1. The van der Waals surface area contributed by atoms with Crippen LogP contribution in [0.4, 0.5) is 13.2 Å². The van der Waals surface area contributed by atoms with Crippen LogP contribution in [0.3, 0.4) is 0 Å². The lowest BCUT2D eigenvalue weighted by Crippen LogP contribution is -2.17. The molecule has 24 heavy (non-hydrogen) atoms. The number of alkyl halides is 3. The molecule has 2 heterocycles. The van der Waals surface area contributed by atoms with Crippen molar-refractivity contribution in [2.45, 2.75) is 6.36 Å². The Morgan fingerprint density at radius 1 is 1.21 bits per heavy atom. The summed E-state index contributed by atoms with van der Waals surface area (Å²) in [4.78, 5) is 15.2. The van der Waals surface area contributed by atoms with Crippen molar-refractivity contribution in [1.29, 1.82) is 5.26 Å². The number of aromatic nitrogens is 3. The van der Waals surface area contributed by atoms with Crippen molar-refractivity contribution in [3.05, 3.63) is 47.8 Å². The van der Waals surface area contributed by atoms with Crippen molar-refractivity contribution in [3.63, 3.8) is 0 Å². The Kier molecular flexibility index (Phi) is 3.65. The van der Waals surface area contributed by atoms with Crippen molar-refractivity contribution in [2.24, 2.45) is 0 Å². The summed E-state index contributed by atoms with van der Waals surface area (Å²) in [5, 5.41) is 13.5. The lowest BCUT2D eigenvalue weighted by atomic mass is 10.1. The van der Waals surface area contributed by atoms with Crippen LogP contribution in [0.5, 0.6) is 5.75 Å². The van der Waals surface area contributed by atoms with Gasteiger partial charge in [0.2, 0.25) is 0 Å². The molecule has 0 atom stereocenters. The number of halogens is 3. The number of ether oxygens (including phenoxy) is 1. The number of hydrogen-bond donors (Lipinski definition) is 0. The molecule has 3 rings (SSSR count). The fourth-order valence-corrected chi connectivity index (χ4v) is 2.21. The first-order chi connectivity index (χ1) is 11.4. The van der Waals surface area contributed by atoms with E-state index in [1.165, 1.54) is 29.1 Å². The lowest BCUT2D eigenvalue weighted by Gasteiger charge is -2.09. The van der Waals surface area contributed by atoms with E-state index >= 15 is 0 Å². The summed E-state index contributed by atoms with van der Waals surface area (Å²) in [6.07, 6.45) is -2.82. The summed E-state index contributed by atoms with van der Waals surface area (Å²) >= 11 is 0. The SMILES string of the molecule is N#Cc1nn(-c2ccc(OC(F)(F)F)cc2)c2nccc(C=O)c12. The van der Waals surface area contributed by atoms with Crippen molar-refractivity contribution in [2.75, 3.05) is 0 Å². The smallest absolute Gasteiger partial charge is 0.406 e. The monoisotopic (exact) mass is 332 g/mol. The third-order valence-electron chi connectivity index (χ3n) is 3.15. The minimum atomic E-state index is -4.78. The molecule has 0 N–H and O–H groups in total. The molecular formula is C15H7F3N4O2. The van der Waals surface area contributed by atoms with Crippen LogP contribution in [-0.2, 0) is 0 Å². The number of nitriles is 1. The van der Waals surface area contributed by atoms with Gasteiger partial charge < -0.3 is 4.74 Å². The van der Waals surface area contributed by atoms with Crippen LogP contribution >= 0.6 is 0 Å². The van der Waals surface area contributed by atoms with Gasteiger partial charge in [-0.15, -0.1) is 13.2 Å². The quantitative estimate of drug-likeness (QED) is 0.689. The predicted octanol–water partition coefficient (Wildman–Crippen LogP) is 3.00. The summed E-state index contributed by atoms with van der Waals surface area (Å²) in [7, 11) is 0. The summed E-state index contributed by atoms with van der Waals surface area (Å²) in [6.45, 7) is 0. The zero-order valence-corrected chi connectivity index (χ0v) is 11.8. The summed E-state index contributed by atoms with van der Waals surface area (Å²) in [5.74, 6) is -0.384. The second kappa shape index (κ2) is 5.66. The largest absolute Gasteiger partial charge is 0.573 e. The molecule has 0 aliphatic carbocycles. The maximum atomic E-state index is 12.2. The van der Waals surface area contributed by atoms with Crippen LogP contribution in [0.25, 0.3) is 16.7 Å². The van der Waals surface area contributed by atoms with E-state index in [4.69, 9.17) is 0 Å². The zero-order valence-electron chi connectivity index (χ0n) is 11.8. The molecule has 0 saturated carbocycles. The molecule has 3 aromatic rings. The molecule has 0 aliphatic rings. The molecule has 0 amide bonds.